The van der Waals surface area contributed by atoms with Gasteiger partial charge in [-0.25, -0.2) is 4.39 Å². The number of hydrogen-bond acceptors (Lipinski definition) is 2. The summed E-state index contributed by atoms with van der Waals surface area (Å²) in [5.74, 6) is -0.184. The summed E-state index contributed by atoms with van der Waals surface area (Å²) in [4.78, 5) is 2.05. The summed E-state index contributed by atoms with van der Waals surface area (Å²) in [7, 11) is 1.96. The second-order valence-corrected chi connectivity index (χ2v) is 5.09. The molecular formula is C17H20FNO. The third-order valence-corrected chi connectivity index (χ3v) is 3.76. The molecule has 1 N–H and O–H groups in total. The number of anilines is 1. The van der Waals surface area contributed by atoms with Crippen LogP contribution in [-0.2, 0) is 6.61 Å². The average Bonchev–Trinajstić information content (AvgIpc) is 2.46. The highest BCUT2D eigenvalue weighted by Gasteiger charge is 2.17. The lowest BCUT2D eigenvalue weighted by Crippen LogP contribution is -2.23. The predicted molar refractivity (Wildman–Crippen MR) is 80.3 cm³/mol. The molecule has 2 aromatic rings. The largest absolute Gasteiger partial charge is 0.392 e. The number of rotatable bonds is 4. The predicted octanol–water partition coefficient (Wildman–Crippen LogP) is 3.82. The number of nitrogens with zero attached hydrogens (tertiary/aromatic N) is 1. The van der Waals surface area contributed by atoms with E-state index in [1.807, 2.05) is 51.2 Å². The maximum absolute atomic E-state index is 13.9. The first-order chi connectivity index (χ1) is 9.54. The molecule has 2 rings (SSSR count). The zero-order valence-corrected chi connectivity index (χ0v) is 12.1. The molecule has 0 aromatic heterocycles. The van der Waals surface area contributed by atoms with E-state index in [-0.39, 0.29) is 18.5 Å². The van der Waals surface area contributed by atoms with Crippen LogP contribution >= 0.6 is 0 Å². The Kier molecular flexibility index (Phi) is 4.40. The molecule has 20 heavy (non-hydrogen) atoms. The van der Waals surface area contributed by atoms with Crippen molar-refractivity contribution in [1.82, 2.24) is 0 Å². The quantitative estimate of drug-likeness (QED) is 0.915. The van der Waals surface area contributed by atoms with Crippen LogP contribution in [0.15, 0.2) is 42.5 Å². The van der Waals surface area contributed by atoms with Gasteiger partial charge in [-0.2, -0.15) is 0 Å². The molecule has 0 fully saturated rings. The molecule has 0 aliphatic heterocycles. The van der Waals surface area contributed by atoms with Crippen LogP contribution in [0.4, 0.5) is 10.1 Å². The van der Waals surface area contributed by atoms with Crippen molar-refractivity contribution in [3.63, 3.8) is 0 Å². The molecule has 1 atom stereocenters. The molecule has 3 heteroatoms. The van der Waals surface area contributed by atoms with Crippen LogP contribution in [0.3, 0.4) is 0 Å². The maximum Gasteiger partial charge on any atom is 0.128 e. The van der Waals surface area contributed by atoms with E-state index < -0.39 is 0 Å². The van der Waals surface area contributed by atoms with Crippen molar-refractivity contribution in [3.8, 4) is 0 Å². The molecule has 0 aliphatic rings. The number of benzene rings is 2. The summed E-state index contributed by atoms with van der Waals surface area (Å²) in [5.41, 5.74) is 3.68. The second-order valence-electron chi connectivity index (χ2n) is 5.09. The van der Waals surface area contributed by atoms with E-state index in [0.29, 0.717) is 5.56 Å². The van der Waals surface area contributed by atoms with Gasteiger partial charge in [0.05, 0.1) is 12.6 Å². The van der Waals surface area contributed by atoms with Gasteiger partial charge < -0.3 is 10.0 Å². The Hall–Kier alpha value is -1.87. The third-order valence-electron chi connectivity index (χ3n) is 3.76. The summed E-state index contributed by atoms with van der Waals surface area (Å²) in [6, 6.07) is 12.6. The number of hydrogen-bond donors (Lipinski definition) is 1. The highest BCUT2D eigenvalue weighted by atomic mass is 19.1. The monoisotopic (exact) mass is 273 g/mol. The van der Waals surface area contributed by atoms with Crippen molar-refractivity contribution in [2.75, 3.05) is 11.9 Å². The first-order valence-corrected chi connectivity index (χ1v) is 6.72. The van der Waals surface area contributed by atoms with E-state index in [0.717, 1.165) is 16.8 Å². The van der Waals surface area contributed by atoms with Gasteiger partial charge in [0.25, 0.3) is 0 Å². The number of aliphatic hydroxyl groups is 1. The smallest absolute Gasteiger partial charge is 0.128 e. The van der Waals surface area contributed by atoms with Gasteiger partial charge in [0.2, 0.25) is 0 Å². The summed E-state index contributed by atoms with van der Waals surface area (Å²) in [6.45, 7) is 4.02. The number of aliphatic hydroxyl groups excluding tert-OH is 1. The Balaban J connectivity index is 2.31. The Labute approximate surface area is 119 Å². The van der Waals surface area contributed by atoms with Crippen LogP contribution < -0.4 is 4.90 Å². The molecule has 0 bridgehead atoms. The number of aryl methyl sites for hydroxylation is 1. The van der Waals surface area contributed by atoms with Crippen LogP contribution in [0.2, 0.25) is 0 Å². The maximum atomic E-state index is 13.9. The molecule has 0 aliphatic carbocycles. The lowest BCUT2D eigenvalue weighted by Gasteiger charge is -2.29. The minimum atomic E-state index is -0.184. The van der Waals surface area contributed by atoms with E-state index in [4.69, 9.17) is 5.11 Å². The van der Waals surface area contributed by atoms with Crippen molar-refractivity contribution in [1.29, 1.82) is 0 Å². The Morgan fingerprint density at radius 2 is 1.90 bits per heavy atom. The van der Waals surface area contributed by atoms with Crippen molar-refractivity contribution in [2.24, 2.45) is 0 Å². The fourth-order valence-electron chi connectivity index (χ4n) is 2.44. The summed E-state index contributed by atoms with van der Waals surface area (Å²) in [6.07, 6.45) is 0. The SMILES string of the molecule is Cc1cc(CO)ccc1N(C)C(C)c1ccccc1F. The molecule has 1 unspecified atom stereocenters. The minimum Gasteiger partial charge on any atom is -0.392 e. The first-order valence-electron chi connectivity index (χ1n) is 6.72. The zero-order chi connectivity index (χ0) is 14.7. The van der Waals surface area contributed by atoms with Crippen LogP contribution in [0.25, 0.3) is 0 Å². The lowest BCUT2D eigenvalue weighted by atomic mass is 10.0. The second kappa shape index (κ2) is 6.06. The van der Waals surface area contributed by atoms with Gasteiger partial charge in [-0.15, -0.1) is 0 Å². The molecule has 106 valence electrons. The van der Waals surface area contributed by atoms with E-state index in [1.54, 1.807) is 6.07 Å². The topological polar surface area (TPSA) is 23.5 Å². The Morgan fingerprint density at radius 1 is 1.20 bits per heavy atom. The molecule has 0 heterocycles. The van der Waals surface area contributed by atoms with Crippen molar-refractivity contribution < 1.29 is 9.50 Å². The number of halogens is 1. The highest BCUT2D eigenvalue weighted by molar-refractivity contribution is 5.55. The van der Waals surface area contributed by atoms with Crippen LogP contribution in [0, 0.1) is 12.7 Å². The molecule has 0 saturated carbocycles. The average molecular weight is 273 g/mol. The molecule has 0 saturated heterocycles. The molecule has 2 aromatic carbocycles. The van der Waals surface area contributed by atoms with Gasteiger partial charge in [-0.1, -0.05) is 30.3 Å². The minimum absolute atomic E-state index is 0.0354. The lowest BCUT2D eigenvalue weighted by molar-refractivity contribution is 0.282. The molecule has 0 radical (unpaired) electrons. The third kappa shape index (κ3) is 2.83. The standard InChI is InChI=1S/C17H20FNO/c1-12-10-14(11-20)8-9-17(12)19(3)13(2)15-6-4-5-7-16(15)18/h4-10,13,20H,11H2,1-3H3. The van der Waals surface area contributed by atoms with Gasteiger partial charge in [0.15, 0.2) is 0 Å². The molecule has 2 nitrogen and oxygen atoms in total. The Morgan fingerprint density at radius 3 is 2.50 bits per heavy atom. The highest BCUT2D eigenvalue weighted by Crippen LogP contribution is 2.29. The van der Waals surface area contributed by atoms with Crippen LogP contribution in [0.1, 0.15) is 29.7 Å². The molecular weight excluding hydrogens is 253 g/mol. The molecule has 0 amide bonds. The van der Waals surface area contributed by atoms with Crippen LogP contribution in [-0.4, -0.2) is 12.2 Å². The van der Waals surface area contributed by atoms with Gasteiger partial charge >= 0.3 is 0 Å². The van der Waals surface area contributed by atoms with Gasteiger partial charge in [0.1, 0.15) is 5.82 Å². The Bertz CT molecular complexity index is 597. The first kappa shape index (κ1) is 14.5. The summed E-state index contributed by atoms with van der Waals surface area (Å²) in [5, 5.41) is 9.15. The normalized spacial score (nSPS) is 12.2. The van der Waals surface area contributed by atoms with E-state index in [1.165, 1.54) is 6.07 Å². The van der Waals surface area contributed by atoms with Crippen molar-refractivity contribution >= 4 is 5.69 Å². The van der Waals surface area contributed by atoms with E-state index in [2.05, 4.69) is 4.90 Å². The van der Waals surface area contributed by atoms with E-state index in [9.17, 15) is 4.39 Å². The van der Waals surface area contributed by atoms with Crippen molar-refractivity contribution in [2.45, 2.75) is 26.5 Å². The van der Waals surface area contributed by atoms with E-state index >= 15 is 0 Å². The summed E-state index contributed by atoms with van der Waals surface area (Å²) < 4.78 is 13.9. The van der Waals surface area contributed by atoms with Gasteiger partial charge in [-0.05, 0) is 37.1 Å². The summed E-state index contributed by atoms with van der Waals surface area (Å²) >= 11 is 0. The zero-order valence-electron chi connectivity index (χ0n) is 12.1. The van der Waals surface area contributed by atoms with Crippen molar-refractivity contribution in [3.05, 3.63) is 65.0 Å². The fraction of sp³-hybridized carbons (Fsp3) is 0.294. The van der Waals surface area contributed by atoms with Gasteiger partial charge in [-0.3, -0.25) is 0 Å². The molecule has 0 spiro atoms. The fourth-order valence-corrected chi connectivity index (χ4v) is 2.44. The van der Waals surface area contributed by atoms with Gasteiger partial charge in [0, 0.05) is 18.3 Å². The van der Waals surface area contributed by atoms with Crippen LogP contribution in [0.5, 0.6) is 0 Å².